The predicted molar refractivity (Wildman–Crippen MR) is 65.7 cm³/mol. The number of nitrogens with one attached hydrogen (secondary N) is 1. The molecule has 1 aliphatic carbocycles. The van der Waals surface area contributed by atoms with Gasteiger partial charge in [-0.15, -0.1) is 11.3 Å². The van der Waals surface area contributed by atoms with Crippen molar-refractivity contribution in [2.75, 3.05) is 5.32 Å². The van der Waals surface area contributed by atoms with Crippen LogP contribution in [0.25, 0.3) is 0 Å². The molecule has 2 aromatic heterocycles. The van der Waals surface area contributed by atoms with Crippen LogP contribution in [0.2, 0.25) is 0 Å². The minimum atomic E-state index is 0.809. The van der Waals surface area contributed by atoms with Crippen LogP contribution in [0.3, 0.4) is 0 Å². The second kappa shape index (κ2) is 4.22. The number of nitrogens with zero attached hydrogens (tertiary/aromatic N) is 2. The van der Waals surface area contributed by atoms with Gasteiger partial charge in [0.05, 0.1) is 17.9 Å². The first kappa shape index (κ1) is 9.78. The van der Waals surface area contributed by atoms with E-state index in [4.69, 9.17) is 0 Å². The minimum absolute atomic E-state index is 0.809. The summed E-state index contributed by atoms with van der Waals surface area (Å²) in [6, 6.07) is 3.96. The predicted octanol–water partition coefficient (Wildman–Crippen LogP) is 2.64. The van der Waals surface area contributed by atoms with Gasteiger partial charge >= 0.3 is 0 Å². The van der Waals surface area contributed by atoms with Crippen molar-refractivity contribution in [2.24, 2.45) is 0 Å². The highest BCUT2D eigenvalue weighted by Crippen LogP contribution is 2.27. The molecule has 0 saturated carbocycles. The van der Waals surface area contributed by atoms with Gasteiger partial charge in [-0.3, -0.25) is 4.98 Å². The Morgan fingerprint density at radius 2 is 2.38 bits per heavy atom. The van der Waals surface area contributed by atoms with Gasteiger partial charge < -0.3 is 5.32 Å². The van der Waals surface area contributed by atoms with Crippen molar-refractivity contribution < 1.29 is 0 Å². The van der Waals surface area contributed by atoms with Crippen LogP contribution in [0.5, 0.6) is 0 Å². The summed E-state index contributed by atoms with van der Waals surface area (Å²) in [6.07, 6.45) is 7.29. The Labute approximate surface area is 98.6 Å². The average Bonchev–Trinajstić information content (AvgIpc) is 2.88. The van der Waals surface area contributed by atoms with Gasteiger partial charge in [0.1, 0.15) is 5.01 Å². The highest BCUT2D eigenvalue weighted by Gasteiger charge is 2.16. The minimum Gasteiger partial charge on any atom is -0.377 e. The lowest BCUT2D eigenvalue weighted by Gasteiger charge is -2.02. The van der Waals surface area contributed by atoms with E-state index in [1.165, 1.54) is 34.8 Å². The number of pyridine rings is 1. The zero-order valence-electron chi connectivity index (χ0n) is 8.94. The van der Waals surface area contributed by atoms with Crippen LogP contribution in [0.1, 0.15) is 22.0 Å². The van der Waals surface area contributed by atoms with Crippen molar-refractivity contribution in [3.8, 4) is 0 Å². The van der Waals surface area contributed by atoms with Crippen LogP contribution >= 0.6 is 11.3 Å². The maximum absolute atomic E-state index is 4.64. The Morgan fingerprint density at radius 1 is 1.38 bits per heavy atom. The Balaban J connectivity index is 1.67. The molecule has 1 N–H and O–H groups in total. The van der Waals surface area contributed by atoms with Gasteiger partial charge in [-0.05, 0) is 31.4 Å². The first-order valence-electron chi connectivity index (χ1n) is 5.53. The monoisotopic (exact) mass is 231 g/mol. The first-order valence-corrected chi connectivity index (χ1v) is 6.35. The second-order valence-electron chi connectivity index (χ2n) is 3.93. The standard InChI is InChI=1S/C12H13N3S/c1-4-10-11(5-1)16-12(15-10)8-14-9-3-2-6-13-7-9/h2-3,6-7,14H,1,4-5,8H2. The van der Waals surface area contributed by atoms with Gasteiger partial charge in [0, 0.05) is 17.3 Å². The molecule has 0 radical (unpaired) electrons. The molecule has 3 rings (SSSR count). The molecule has 3 nitrogen and oxygen atoms in total. The average molecular weight is 231 g/mol. The number of hydrogen-bond acceptors (Lipinski definition) is 4. The highest BCUT2D eigenvalue weighted by atomic mass is 32.1. The third-order valence-electron chi connectivity index (χ3n) is 2.75. The number of rotatable bonds is 3. The molecular formula is C12H13N3S. The van der Waals surface area contributed by atoms with E-state index in [2.05, 4.69) is 15.3 Å². The van der Waals surface area contributed by atoms with E-state index in [1.54, 1.807) is 6.20 Å². The summed E-state index contributed by atoms with van der Waals surface area (Å²) in [7, 11) is 0. The lowest BCUT2D eigenvalue weighted by molar-refractivity contribution is 0.891. The lowest BCUT2D eigenvalue weighted by Crippen LogP contribution is -1.99. The van der Waals surface area contributed by atoms with Gasteiger partial charge in [-0.2, -0.15) is 0 Å². The first-order chi connectivity index (χ1) is 7.92. The largest absolute Gasteiger partial charge is 0.377 e. The molecule has 16 heavy (non-hydrogen) atoms. The fraction of sp³-hybridized carbons (Fsp3) is 0.333. The molecule has 2 aromatic rings. The third kappa shape index (κ3) is 1.93. The summed E-state index contributed by atoms with van der Waals surface area (Å²) in [4.78, 5) is 10.2. The molecule has 1 aliphatic rings. The van der Waals surface area contributed by atoms with Crippen LogP contribution in [0.15, 0.2) is 24.5 Å². The lowest BCUT2D eigenvalue weighted by atomic mass is 10.4. The number of anilines is 1. The number of thiazole rings is 1. The summed E-state index contributed by atoms with van der Waals surface area (Å²) < 4.78 is 0. The fourth-order valence-corrected chi connectivity index (χ4v) is 3.06. The molecular weight excluding hydrogens is 218 g/mol. The number of aromatic nitrogens is 2. The van der Waals surface area contributed by atoms with Crippen molar-refractivity contribution in [3.63, 3.8) is 0 Å². The van der Waals surface area contributed by atoms with Crippen LogP contribution in [-0.4, -0.2) is 9.97 Å². The molecule has 0 aromatic carbocycles. The van der Waals surface area contributed by atoms with Crippen LogP contribution < -0.4 is 5.32 Å². The zero-order chi connectivity index (χ0) is 10.8. The van der Waals surface area contributed by atoms with Gasteiger partial charge in [-0.1, -0.05) is 0 Å². The maximum Gasteiger partial charge on any atom is 0.112 e. The zero-order valence-corrected chi connectivity index (χ0v) is 9.76. The van der Waals surface area contributed by atoms with E-state index in [-0.39, 0.29) is 0 Å². The smallest absolute Gasteiger partial charge is 0.112 e. The van der Waals surface area contributed by atoms with Crippen LogP contribution in [0.4, 0.5) is 5.69 Å². The van der Waals surface area contributed by atoms with E-state index < -0.39 is 0 Å². The highest BCUT2D eigenvalue weighted by molar-refractivity contribution is 7.11. The maximum atomic E-state index is 4.64. The molecule has 0 amide bonds. The van der Waals surface area contributed by atoms with E-state index >= 15 is 0 Å². The summed E-state index contributed by atoms with van der Waals surface area (Å²) in [5.41, 5.74) is 2.38. The molecule has 4 heteroatoms. The normalized spacial score (nSPS) is 13.8. The second-order valence-corrected chi connectivity index (χ2v) is 5.09. The van der Waals surface area contributed by atoms with Gasteiger partial charge in [0.15, 0.2) is 0 Å². The van der Waals surface area contributed by atoms with Crippen molar-refractivity contribution in [2.45, 2.75) is 25.8 Å². The SMILES string of the molecule is c1cncc(NCc2nc3c(s2)CCC3)c1. The van der Waals surface area contributed by atoms with E-state index in [0.717, 1.165) is 12.2 Å². The Kier molecular flexibility index (Phi) is 2.58. The quantitative estimate of drug-likeness (QED) is 0.882. The molecule has 0 aliphatic heterocycles. The van der Waals surface area contributed by atoms with Gasteiger partial charge in [0.25, 0.3) is 0 Å². The molecule has 82 valence electrons. The van der Waals surface area contributed by atoms with Gasteiger partial charge in [0.2, 0.25) is 0 Å². The molecule has 0 atom stereocenters. The van der Waals surface area contributed by atoms with E-state index in [9.17, 15) is 0 Å². The van der Waals surface area contributed by atoms with E-state index in [1.807, 2.05) is 29.7 Å². The molecule has 0 unspecified atom stereocenters. The molecule has 0 bridgehead atoms. The van der Waals surface area contributed by atoms with Crippen LogP contribution in [-0.2, 0) is 19.4 Å². The summed E-state index contributed by atoms with van der Waals surface area (Å²) in [6.45, 7) is 0.809. The van der Waals surface area contributed by atoms with Gasteiger partial charge in [-0.25, -0.2) is 4.98 Å². The number of aryl methyl sites for hydroxylation is 2. The van der Waals surface area contributed by atoms with Crippen molar-refractivity contribution >= 4 is 17.0 Å². The summed E-state index contributed by atoms with van der Waals surface area (Å²) in [5.74, 6) is 0. The van der Waals surface area contributed by atoms with E-state index in [0.29, 0.717) is 0 Å². The molecule has 0 spiro atoms. The third-order valence-corrected chi connectivity index (χ3v) is 3.90. The van der Waals surface area contributed by atoms with Crippen molar-refractivity contribution in [1.29, 1.82) is 0 Å². The molecule has 0 saturated heterocycles. The Morgan fingerprint density at radius 3 is 3.19 bits per heavy atom. The number of fused-ring (bicyclic) bond motifs is 1. The summed E-state index contributed by atoms with van der Waals surface area (Å²) in [5, 5.41) is 4.52. The van der Waals surface area contributed by atoms with Crippen molar-refractivity contribution in [1.82, 2.24) is 9.97 Å². The summed E-state index contributed by atoms with van der Waals surface area (Å²) >= 11 is 1.85. The molecule has 2 heterocycles. The van der Waals surface area contributed by atoms with Crippen molar-refractivity contribution in [3.05, 3.63) is 40.1 Å². The molecule has 0 fully saturated rings. The number of hydrogen-bond donors (Lipinski definition) is 1. The Hall–Kier alpha value is -1.42. The Bertz CT molecular complexity index is 457. The fourth-order valence-electron chi connectivity index (χ4n) is 1.96. The topological polar surface area (TPSA) is 37.8 Å². The van der Waals surface area contributed by atoms with Crippen LogP contribution in [0, 0.1) is 0 Å².